The van der Waals surface area contributed by atoms with Crippen molar-refractivity contribution < 1.29 is 4.42 Å². The highest BCUT2D eigenvalue weighted by Crippen LogP contribution is 2.22. The number of furan rings is 1. The number of benzene rings is 1. The second-order valence-electron chi connectivity index (χ2n) is 7.19. The van der Waals surface area contributed by atoms with E-state index in [0.29, 0.717) is 0 Å². The molecule has 0 radical (unpaired) electrons. The average molecular weight is 377 g/mol. The van der Waals surface area contributed by atoms with E-state index < -0.39 is 0 Å². The van der Waals surface area contributed by atoms with E-state index in [1.165, 1.54) is 5.56 Å². The molecule has 28 heavy (non-hydrogen) atoms. The van der Waals surface area contributed by atoms with Gasteiger partial charge in [-0.05, 0) is 25.1 Å². The fraction of sp³-hybridized carbons (Fsp3) is 0.364. The fourth-order valence-corrected chi connectivity index (χ4v) is 3.42. The van der Waals surface area contributed by atoms with E-state index in [1.807, 2.05) is 12.1 Å². The van der Waals surface area contributed by atoms with E-state index in [0.717, 1.165) is 68.8 Å². The van der Waals surface area contributed by atoms with Crippen LogP contribution in [0.15, 0.2) is 59.3 Å². The first-order chi connectivity index (χ1) is 13.8. The zero-order chi connectivity index (χ0) is 19.2. The number of aromatic nitrogens is 2. The smallest absolute Gasteiger partial charge is 0.225 e. The van der Waals surface area contributed by atoms with Crippen molar-refractivity contribution >= 4 is 5.95 Å². The minimum atomic E-state index is 0.754. The summed E-state index contributed by atoms with van der Waals surface area (Å²) in [5.74, 6) is 2.74. The van der Waals surface area contributed by atoms with Crippen LogP contribution >= 0.6 is 0 Å². The van der Waals surface area contributed by atoms with E-state index in [2.05, 4.69) is 62.3 Å². The third kappa shape index (κ3) is 4.77. The molecule has 3 aromatic rings. The van der Waals surface area contributed by atoms with Gasteiger partial charge in [-0.25, -0.2) is 9.97 Å². The van der Waals surface area contributed by atoms with Gasteiger partial charge in [-0.2, -0.15) is 0 Å². The summed E-state index contributed by atoms with van der Waals surface area (Å²) < 4.78 is 5.97. The van der Waals surface area contributed by atoms with Crippen LogP contribution < -0.4 is 10.2 Å². The van der Waals surface area contributed by atoms with E-state index in [4.69, 9.17) is 4.42 Å². The minimum absolute atomic E-state index is 0.754. The third-order valence-corrected chi connectivity index (χ3v) is 5.11. The number of rotatable bonds is 7. The summed E-state index contributed by atoms with van der Waals surface area (Å²) in [4.78, 5) is 13.4. The lowest BCUT2D eigenvalue weighted by Gasteiger charge is -2.34. The Bertz CT molecular complexity index is 854. The number of anilines is 1. The van der Waals surface area contributed by atoms with Gasteiger partial charge < -0.3 is 14.6 Å². The van der Waals surface area contributed by atoms with Crippen molar-refractivity contribution in [3.05, 3.63) is 66.2 Å². The molecule has 2 aromatic heterocycles. The summed E-state index contributed by atoms with van der Waals surface area (Å²) in [5.41, 5.74) is 2.38. The Morgan fingerprint density at radius 3 is 2.46 bits per heavy atom. The van der Waals surface area contributed by atoms with Crippen LogP contribution in [0.3, 0.4) is 0 Å². The van der Waals surface area contributed by atoms with E-state index >= 15 is 0 Å². The normalized spacial score (nSPS) is 15.1. The molecule has 0 unspecified atom stereocenters. The highest BCUT2D eigenvalue weighted by Gasteiger charge is 2.18. The lowest BCUT2D eigenvalue weighted by Crippen LogP contribution is -2.48. The summed E-state index contributed by atoms with van der Waals surface area (Å²) in [7, 11) is 0. The molecule has 0 atom stereocenters. The molecule has 3 heterocycles. The largest absolute Gasteiger partial charge is 0.460 e. The van der Waals surface area contributed by atoms with Gasteiger partial charge in [0, 0.05) is 57.2 Å². The number of nitrogens with one attached hydrogen (secondary N) is 1. The maximum absolute atomic E-state index is 5.97. The van der Waals surface area contributed by atoms with Crippen molar-refractivity contribution in [2.75, 3.05) is 44.2 Å². The van der Waals surface area contributed by atoms with Crippen LogP contribution in [0.2, 0.25) is 0 Å². The third-order valence-electron chi connectivity index (χ3n) is 5.11. The van der Waals surface area contributed by atoms with Gasteiger partial charge in [0.1, 0.15) is 11.5 Å². The first-order valence-corrected chi connectivity index (χ1v) is 9.89. The highest BCUT2D eigenvalue weighted by atomic mass is 16.3. The van der Waals surface area contributed by atoms with Crippen LogP contribution in [-0.4, -0.2) is 54.1 Å². The zero-order valence-electron chi connectivity index (χ0n) is 16.3. The molecule has 1 aromatic carbocycles. The molecule has 4 rings (SSSR count). The quantitative estimate of drug-likeness (QED) is 0.639. The van der Waals surface area contributed by atoms with Gasteiger partial charge in [0.2, 0.25) is 5.95 Å². The van der Waals surface area contributed by atoms with Crippen molar-refractivity contribution in [1.29, 1.82) is 0 Å². The summed E-state index contributed by atoms with van der Waals surface area (Å²) in [6.07, 6.45) is 3.61. The van der Waals surface area contributed by atoms with Crippen LogP contribution in [0.5, 0.6) is 0 Å². The molecular weight excluding hydrogens is 350 g/mol. The molecule has 0 spiro atoms. The van der Waals surface area contributed by atoms with Crippen LogP contribution in [0.4, 0.5) is 5.95 Å². The van der Waals surface area contributed by atoms with E-state index in [-0.39, 0.29) is 0 Å². The van der Waals surface area contributed by atoms with Gasteiger partial charge in [-0.3, -0.25) is 4.90 Å². The second-order valence-corrected chi connectivity index (χ2v) is 7.19. The maximum Gasteiger partial charge on any atom is 0.225 e. The summed E-state index contributed by atoms with van der Waals surface area (Å²) in [6, 6.07) is 14.4. The van der Waals surface area contributed by atoms with Crippen LogP contribution in [0.25, 0.3) is 11.3 Å². The number of piperazine rings is 1. The second kappa shape index (κ2) is 8.99. The molecule has 0 aliphatic carbocycles. The highest BCUT2D eigenvalue weighted by molar-refractivity contribution is 5.57. The molecule has 146 valence electrons. The van der Waals surface area contributed by atoms with Crippen molar-refractivity contribution in [2.24, 2.45) is 0 Å². The van der Waals surface area contributed by atoms with Crippen molar-refractivity contribution in [3.8, 4) is 11.3 Å². The average Bonchev–Trinajstić information content (AvgIpc) is 3.22. The van der Waals surface area contributed by atoms with Gasteiger partial charge in [-0.1, -0.05) is 29.8 Å². The molecule has 0 bridgehead atoms. The monoisotopic (exact) mass is 377 g/mol. The molecule has 0 saturated carbocycles. The van der Waals surface area contributed by atoms with Crippen molar-refractivity contribution in [3.63, 3.8) is 0 Å². The Kier molecular flexibility index (Phi) is 5.99. The molecule has 0 amide bonds. The molecule has 1 aliphatic rings. The predicted octanol–water partition coefficient (Wildman–Crippen LogP) is 2.96. The van der Waals surface area contributed by atoms with Crippen molar-refractivity contribution in [1.82, 2.24) is 20.2 Å². The summed E-state index contributed by atoms with van der Waals surface area (Å²) in [6.45, 7) is 8.86. The van der Waals surface area contributed by atoms with Gasteiger partial charge >= 0.3 is 0 Å². The molecular formula is C22H27N5O. The van der Waals surface area contributed by atoms with Crippen LogP contribution in [-0.2, 0) is 6.54 Å². The molecule has 1 N–H and O–H groups in total. The SMILES string of the molecule is Cc1ccc(-c2ccc(CNCCN3CCN(c4ncccn4)CC3)o2)cc1. The topological polar surface area (TPSA) is 57.4 Å². The van der Waals surface area contributed by atoms with E-state index in [9.17, 15) is 0 Å². The van der Waals surface area contributed by atoms with Gasteiger partial charge in [-0.15, -0.1) is 0 Å². The number of hydrogen-bond acceptors (Lipinski definition) is 6. The summed E-state index contributed by atoms with van der Waals surface area (Å²) >= 11 is 0. The lowest BCUT2D eigenvalue weighted by atomic mass is 10.1. The minimum Gasteiger partial charge on any atom is -0.460 e. The number of aryl methyl sites for hydroxylation is 1. The Hall–Kier alpha value is -2.70. The molecule has 6 nitrogen and oxygen atoms in total. The molecule has 1 aliphatic heterocycles. The fourth-order valence-electron chi connectivity index (χ4n) is 3.42. The predicted molar refractivity (Wildman–Crippen MR) is 111 cm³/mol. The first-order valence-electron chi connectivity index (χ1n) is 9.89. The molecule has 1 saturated heterocycles. The Balaban J connectivity index is 1.17. The van der Waals surface area contributed by atoms with Crippen LogP contribution in [0.1, 0.15) is 11.3 Å². The Morgan fingerprint density at radius 2 is 1.71 bits per heavy atom. The Labute approximate surface area is 166 Å². The van der Waals surface area contributed by atoms with E-state index in [1.54, 1.807) is 12.4 Å². The van der Waals surface area contributed by atoms with Crippen molar-refractivity contribution in [2.45, 2.75) is 13.5 Å². The maximum atomic E-state index is 5.97. The van der Waals surface area contributed by atoms with Gasteiger partial charge in [0.25, 0.3) is 0 Å². The standard InChI is InChI=1S/C22H27N5O/c1-18-3-5-19(6-4-18)21-8-7-20(28-21)17-23-11-12-26-13-15-27(16-14-26)22-24-9-2-10-25-22/h2-10,23H,11-17H2,1H3. The van der Waals surface area contributed by atoms with Crippen LogP contribution in [0, 0.1) is 6.92 Å². The van der Waals surface area contributed by atoms with Gasteiger partial charge in [0.05, 0.1) is 6.54 Å². The number of hydrogen-bond donors (Lipinski definition) is 1. The van der Waals surface area contributed by atoms with Gasteiger partial charge in [0.15, 0.2) is 0 Å². The molecule has 1 fully saturated rings. The zero-order valence-corrected chi connectivity index (χ0v) is 16.3. The first kappa shape index (κ1) is 18.7. The Morgan fingerprint density at radius 1 is 0.964 bits per heavy atom. The lowest BCUT2D eigenvalue weighted by molar-refractivity contribution is 0.255. The number of nitrogens with zero attached hydrogens (tertiary/aromatic N) is 4. The summed E-state index contributed by atoms with van der Waals surface area (Å²) in [5, 5.41) is 3.49. The molecule has 6 heteroatoms.